The largest absolute Gasteiger partial charge is 0.361 e. The number of hydrogen-bond donors (Lipinski definition) is 0. The van der Waals surface area contributed by atoms with E-state index in [0.29, 0.717) is 29.2 Å². The van der Waals surface area contributed by atoms with Gasteiger partial charge in [0, 0.05) is 28.6 Å². The normalized spacial score (nSPS) is 17.8. The summed E-state index contributed by atoms with van der Waals surface area (Å²) < 4.78 is 5.38. The van der Waals surface area contributed by atoms with Crippen LogP contribution in [0.3, 0.4) is 0 Å². The standard InChI is InChI=1S/C21H25ClN2O3/c1-21(2,3)19-13-16(23-27-19)12-18(25)17-6-4-5-11-24(17)20(26)14-7-9-15(22)10-8-14/h7-10,13,17H,4-6,11-12H2,1-3H3/t17-/m0/s1. The Morgan fingerprint density at radius 2 is 1.93 bits per heavy atom. The molecule has 144 valence electrons. The van der Waals surface area contributed by atoms with Crippen LogP contribution in [0.25, 0.3) is 0 Å². The van der Waals surface area contributed by atoms with Crippen LogP contribution in [0.1, 0.15) is 61.8 Å². The Morgan fingerprint density at radius 1 is 1.22 bits per heavy atom. The highest BCUT2D eigenvalue weighted by Crippen LogP contribution is 2.25. The molecule has 1 saturated heterocycles. The zero-order chi connectivity index (χ0) is 19.6. The zero-order valence-electron chi connectivity index (χ0n) is 16.0. The van der Waals surface area contributed by atoms with Gasteiger partial charge in [-0.15, -0.1) is 0 Å². The fourth-order valence-electron chi connectivity index (χ4n) is 3.31. The molecular formula is C21H25ClN2O3. The molecule has 1 aliphatic heterocycles. The lowest BCUT2D eigenvalue weighted by Gasteiger charge is -2.34. The minimum Gasteiger partial charge on any atom is -0.361 e. The van der Waals surface area contributed by atoms with Crippen LogP contribution in [0.4, 0.5) is 0 Å². The summed E-state index contributed by atoms with van der Waals surface area (Å²) in [5, 5.41) is 4.62. The van der Waals surface area contributed by atoms with Gasteiger partial charge in [-0.05, 0) is 43.5 Å². The predicted octanol–water partition coefficient (Wildman–Crippen LogP) is 4.43. The van der Waals surface area contributed by atoms with Crippen LogP contribution in [0, 0.1) is 0 Å². The summed E-state index contributed by atoms with van der Waals surface area (Å²) in [6.07, 6.45) is 2.70. The number of benzene rings is 1. The molecule has 0 aliphatic carbocycles. The highest BCUT2D eigenvalue weighted by Gasteiger charge is 2.33. The van der Waals surface area contributed by atoms with Crippen molar-refractivity contribution in [1.82, 2.24) is 10.1 Å². The quantitative estimate of drug-likeness (QED) is 0.777. The van der Waals surface area contributed by atoms with Gasteiger partial charge in [0.2, 0.25) is 0 Å². The first-order valence-corrected chi connectivity index (χ1v) is 9.69. The number of carbonyl (C=O) groups excluding carboxylic acids is 2. The number of rotatable bonds is 4. The van der Waals surface area contributed by atoms with E-state index >= 15 is 0 Å². The van der Waals surface area contributed by atoms with Crippen molar-refractivity contribution < 1.29 is 14.1 Å². The van der Waals surface area contributed by atoms with Crippen molar-refractivity contribution in [3.05, 3.63) is 52.4 Å². The van der Waals surface area contributed by atoms with Gasteiger partial charge in [0.25, 0.3) is 5.91 Å². The summed E-state index contributed by atoms with van der Waals surface area (Å²) in [5.74, 6) is 0.633. The van der Waals surface area contributed by atoms with E-state index in [1.165, 1.54) is 0 Å². The van der Waals surface area contributed by atoms with Crippen LogP contribution >= 0.6 is 11.6 Å². The lowest BCUT2D eigenvalue weighted by molar-refractivity contribution is -0.123. The number of halogens is 1. The van der Waals surface area contributed by atoms with E-state index in [4.69, 9.17) is 16.1 Å². The summed E-state index contributed by atoms with van der Waals surface area (Å²) in [4.78, 5) is 27.5. The molecule has 1 atom stereocenters. The molecule has 2 aromatic rings. The number of ketones is 1. The summed E-state index contributed by atoms with van der Waals surface area (Å²) in [6.45, 7) is 6.69. The first-order chi connectivity index (χ1) is 12.8. The van der Waals surface area contributed by atoms with Crippen LogP contribution in [-0.2, 0) is 16.6 Å². The average Bonchev–Trinajstić information content (AvgIpc) is 3.10. The Bertz CT molecular complexity index is 821. The minimum atomic E-state index is -0.420. The van der Waals surface area contributed by atoms with E-state index in [1.807, 2.05) is 26.8 Å². The van der Waals surface area contributed by atoms with Crippen molar-refractivity contribution in [2.24, 2.45) is 0 Å². The maximum atomic E-state index is 12.9. The average molecular weight is 389 g/mol. The fourth-order valence-corrected chi connectivity index (χ4v) is 3.44. The number of likely N-dealkylation sites (tertiary alicyclic amines) is 1. The number of piperidine rings is 1. The summed E-state index contributed by atoms with van der Waals surface area (Å²) in [7, 11) is 0. The van der Waals surface area contributed by atoms with Crippen LogP contribution in [-0.4, -0.2) is 34.3 Å². The molecule has 1 aliphatic rings. The Labute approximate surface area is 164 Å². The van der Waals surface area contributed by atoms with Gasteiger partial charge in [-0.2, -0.15) is 0 Å². The molecule has 5 nitrogen and oxygen atoms in total. The minimum absolute atomic E-state index is 0.00535. The Balaban J connectivity index is 1.74. The van der Waals surface area contributed by atoms with E-state index in [9.17, 15) is 9.59 Å². The van der Waals surface area contributed by atoms with Crippen LogP contribution in [0.2, 0.25) is 5.02 Å². The molecule has 1 amide bonds. The van der Waals surface area contributed by atoms with Crippen LogP contribution < -0.4 is 0 Å². The molecule has 1 fully saturated rings. The third-order valence-corrected chi connectivity index (χ3v) is 5.13. The van der Waals surface area contributed by atoms with Gasteiger partial charge < -0.3 is 9.42 Å². The van der Waals surface area contributed by atoms with E-state index in [2.05, 4.69) is 5.16 Å². The highest BCUT2D eigenvalue weighted by molar-refractivity contribution is 6.30. The Morgan fingerprint density at radius 3 is 2.56 bits per heavy atom. The zero-order valence-corrected chi connectivity index (χ0v) is 16.8. The van der Waals surface area contributed by atoms with Gasteiger partial charge in [0.1, 0.15) is 5.76 Å². The van der Waals surface area contributed by atoms with E-state index < -0.39 is 6.04 Å². The van der Waals surface area contributed by atoms with Gasteiger partial charge in [-0.3, -0.25) is 9.59 Å². The van der Waals surface area contributed by atoms with Gasteiger partial charge >= 0.3 is 0 Å². The molecule has 0 spiro atoms. The van der Waals surface area contributed by atoms with Gasteiger partial charge in [0.15, 0.2) is 5.78 Å². The fraction of sp³-hybridized carbons (Fsp3) is 0.476. The van der Waals surface area contributed by atoms with Gasteiger partial charge in [-0.25, -0.2) is 0 Å². The molecule has 0 unspecified atom stereocenters. The smallest absolute Gasteiger partial charge is 0.254 e. The van der Waals surface area contributed by atoms with Gasteiger partial charge in [0.05, 0.1) is 18.2 Å². The Kier molecular flexibility index (Phi) is 5.70. The van der Waals surface area contributed by atoms with E-state index in [0.717, 1.165) is 18.6 Å². The second kappa shape index (κ2) is 7.85. The number of carbonyl (C=O) groups is 2. The van der Waals surface area contributed by atoms with Crippen molar-refractivity contribution in [2.75, 3.05) is 6.54 Å². The number of nitrogens with zero attached hydrogens (tertiary/aromatic N) is 2. The molecule has 0 bridgehead atoms. The van der Waals surface area contributed by atoms with Crippen LogP contribution in [0.15, 0.2) is 34.9 Å². The first kappa shape index (κ1) is 19.6. The van der Waals surface area contributed by atoms with E-state index in [1.54, 1.807) is 29.2 Å². The van der Waals surface area contributed by atoms with Crippen molar-refractivity contribution >= 4 is 23.3 Å². The second-order valence-electron chi connectivity index (χ2n) is 8.09. The first-order valence-electron chi connectivity index (χ1n) is 9.31. The molecule has 1 aromatic carbocycles. The Hall–Kier alpha value is -2.14. The van der Waals surface area contributed by atoms with E-state index in [-0.39, 0.29) is 23.5 Å². The number of Topliss-reactive ketones (excluding diaryl/α,β-unsaturated/α-hetero) is 1. The molecule has 3 rings (SSSR count). The van der Waals surface area contributed by atoms with Crippen molar-refractivity contribution in [3.63, 3.8) is 0 Å². The van der Waals surface area contributed by atoms with Crippen molar-refractivity contribution in [3.8, 4) is 0 Å². The summed E-state index contributed by atoms with van der Waals surface area (Å²) in [6, 6.07) is 8.21. The third-order valence-electron chi connectivity index (χ3n) is 4.88. The molecule has 0 saturated carbocycles. The van der Waals surface area contributed by atoms with Crippen molar-refractivity contribution in [1.29, 1.82) is 0 Å². The number of hydrogen-bond acceptors (Lipinski definition) is 4. The second-order valence-corrected chi connectivity index (χ2v) is 8.53. The SMILES string of the molecule is CC(C)(C)c1cc(CC(=O)[C@@H]2CCCCN2C(=O)c2ccc(Cl)cc2)no1. The van der Waals surface area contributed by atoms with Crippen molar-refractivity contribution in [2.45, 2.75) is 57.9 Å². The number of aromatic nitrogens is 1. The molecule has 1 aromatic heterocycles. The van der Waals surface area contributed by atoms with Gasteiger partial charge in [-0.1, -0.05) is 37.5 Å². The monoisotopic (exact) mass is 388 g/mol. The highest BCUT2D eigenvalue weighted by atomic mass is 35.5. The summed E-state index contributed by atoms with van der Waals surface area (Å²) >= 11 is 5.91. The molecule has 2 heterocycles. The maximum Gasteiger partial charge on any atom is 0.254 e. The molecule has 6 heteroatoms. The third kappa shape index (κ3) is 4.59. The maximum absolute atomic E-state index is 12.9. The molecule has 0 N–H and O–H groups in total. The lowest BCUT2D eigenvalue weighted by atomic mass is 9.92. The predicted molar refractivity (Wildman–Crippen MR) is 104 cm³/mol. The molecular weight excluding hydrogens is 364 g/mol. The molecule has 27 heavy (non-hydrogen) atoms. The topological polar surface area (TPSA) is 63.4 Å². The van der Waals surface area contributed by atoms with Crippen LogP contribution in [0.5, 0.6) is 0 Å². The number of amides is 1. The molecule has 0 radical (unpaired) electrons. The summed E-state index contributed by atoms with van der Waals surface area (Å²) in [5.41, 5.74) is 1.01. The lowest BCUT2D eigenvalue weighted by Crippen LogP contribution is -2.48.